The van der Waals surface area contributed by atoms with E-state index >= 15 is 0 Å². The maximum absolute atomic E-state index is 13.9. The lowest BCUT2D eigenvalue weighted by Crippen LogP contribution is -2.56. The van der Waals surface area contributed by atoms with Crippen molar-refractivity contribution in [1.29, 1.82) is 0 Å². The predicted octanol–water partition coefficient (Wildman–Crippen LogP) is 14.6. The zero-order valence-corrected chi connectivity index (χ0v) is 45.0. The van der Waals surface area contributed by atoms with Crippen LogP contribution >= 0.6 is 0 Å². The fraction of sp³-hybridized carbons (Fsp3) is 0.296. The molecule has 1 atom stereocenters. The summed E-state index contributed by atoms with van der Waals surface area (Å²) in [7, 11) is -8.88. The van der Waals surface area contributed by atoms with Crippen molar-refractivity contribution in [2.75, 3.05) is 0 Å². The number of fused-ring (bicyclic) bond motifs is 3. The molecule has 0 radical (unpaired) electrons. The molecule has 0 aliphatic heterocycles. The Bertz CT molecular complexity index is 2730. The summed E-state index contributed by atoms with van der Waals surface area (Å²) in [5.41, 5.74) is 8.26. The van der Waals surface area contributed by atoms with E-state index in [1.807, 2.05) is 106 Å². The van der Waals surface area contributed by atoms with Crippen LogP contribution in [-0.2, 0) is 24.2 Å². The van der Waals surface area contributed by atoms with Crippen LogP contribution in [0.2, 0.25) is 65.0 Å². The molecule has 350 valence electrons. The Morgan fingerprint density at radius 1 is 0.463 bits per heavy atom. The van der Waals surface area contributed by atoms with Crippen LogP contribution in [0.25, 0.3) is 11.1 Å². The quantitative estimate of drug-likeness (QED) is 0.0532. The number of benzene rings is 6. The van der Waals surface area contributed by atoms with Gasteiger partial charge in [0, 0.05) is 0 Å². The van der Waals surface area contributed by atoms with E-state index in [1.165, 1.54) is 0 Å². The lowest BCUT2D eigenvalue weighted by atomic mass is 9.67. The summed E-state index contributed by atoms with van der Waals surface area (Å²) in [5.74, 6) is 1.60. The van der Waals surface area contributed by atoms with Crippen LogP contribution in [0.4, 0.5) is 9.59 Å². The van der Waals surface area contributed by atoms with Gasteiger partial charge < -0.3 is 31.3 Å². The molecule has 0 amide bonds. The first-order chi connectivity index (χ1) is 31.6. The molecule has 0 bridgehead atoms. The Labute approximate surface area is 401 Å². The number of para-hydroxylation sites is 2. The Morgan fingerprint density at radius 2 is 0.896 bits per heavy atom. The molecule has 13 heteroatoms. The fourth-order valence-corrected chi connectivity index (χ4v) is 27.4. The average Bonchev–Trinajstić information content (AvgIpc) is 3.53. The van der Waals surface area contributed by atoms with Crippen molar-refractivity contribution in [1.82, 2.24) is 0 Å². The summed E-state index contributed by atoms with van der Waals surface area (Å²) in [6.45, 7) is 25.3. The third-order valence-corrected chi connectivity index (χ3v) is 25.2. The van der Waals surface area contributed by atoms with Gasteiger partial charge in [0.2, 0.25) is 0 Å². The molecule has 7 rings (SSSR count). The molecule has 0 saturated heterocycles. The Kier molecular flexibility index (Phi) is 14.5. The van der Waals surface area contributed by atoms with Crippen molar-refractivity contribution in [2.24, 2.45) is 0 Å². The average molecular weight is 969 g/mol. The van der Waals surface area contributed by atoms with Crippen molar-refractivity contribution < 1.29 is 40.9 Å². The molecular formula is C54H64O9Si4. The normalized spacial score (nSPS) is 14.1. The smallest absolute Gasteiger partial charge is 0.437 e. The van der Waals surface area contributed by atoms with Gasteiger partial charge in [0.15, 0.2) is 16.6 Å². The molecule has 0 saturated carbocycles. The van der Waals surface area contributed by atoms with Gasteiger partial charge in [-0.1, -0.05) is 109 Å². The molecule has 0 fully saturated rings. The van der Waals surface area contributed by atoms with Crippen LogP contribution in [0.1, 0.15) is 50.9 Å². The van der Waals surface area contributed by atoms with Crippen LogP contribution in [-0.4, -0.2) is 46.1 Å². The molecule has 9 nitrogen and oxygen atoms in total. The highest BCUT2D eigenvalue weighted by Crippen LogP contribution is 2.57. The van der Waals surface area contributed by atoms with E-state index in [9.17, 15) is 9.59 Å². The van der Waals surface area contributed by atoms with E-state index in [2.05, 4.69) is 95.3 Å². The molecule has 0 heterocycles. The summed E-state index contributed by atoms with van der Waals surface area (Å²) < 4.78 is 44.2. The SMILES string of the molecule is Cc1ccccc1OC(=O)Oc1cc(C2(c3ccc(C)c(OC(=O)Oc4ccccc4CCC[Si](C)(O[Si](C)(C)C)O[Si](C)(C)O[Si](C)(C)C)c3)c3ccccc3-c3ccccc32)ccc1C. The Hall–Kier alpha value is -5.39. The molecule has 1 unspecified atom stereocenters. The van der Waals surface area contributed by atoms with E-state index in [4.69, 9.17) is 31.3 Å². The second kappa shape index (κ2) is 19.7. The lowest BCUT2D eigenvalue weighted by Gasteiger charge is -2.41. The lowest BCUT2D eigenvalue weighted by molar-refractivity contribution is 0.150. The van der Waals surface area contributed by atoms with Crippen LogP contribution in [0.15, 0.2) is 133 Å². The van der Waals surface area contributed by atoms with E-state index in [-0.39, 0.29) is 0 Å². The number of hydrogen-bond acceptors (Lipinski definition) is 9. The van der Waals surface area contributed by atoms with Gasteiger partial charge in [0.25, 0.3) is 0 Å². The minimum atomic E-state index is -2.64. The number of rotatable bonds is 16. The first-order valence-electron chi connectivity index (χ1n) is 23.0. The van der Waals surface area contributed by atoms with E-state index in [1.54, 1.807) is 12.1 Å². The topological polar surface area (TPSA) is 98.8 Å². The second-order valence-electron chi connectivity index (χ2n) is 20.0. The van der Waals surface area contributed by atoms with Crippen LogP contribution in [0.3, 0.4) is 0 Å². The van der Waals surface area contributed by atoms with Crippen molar-refractivity contribution in [3.63, 3.8) is 0 Å². The van der Waals surface area contributed by atoms with E-state index < -0.39 is 51.5 Å². The van der Waals surface area contributed by atoms with Crippen molar-refractivity contribution in [2.45, 2.75) is 104 Å². The minimum Gasteiger partial charge on any atom is -0.437 e. The summed E-state index contributed by atoms with van der Waals surface area (Å²) in [4.78, 5) is 27.2. The summed E-state index contributed by atoms with van der Waals surface area (Å²) in [6.07, 6.45) is -0.233. The molecule has 0 N–H and O–H groups in total. The first kappa shape index (κ1) is 49.5. The molecule has 6 aromatic carbocycles. The molecular weight excluding hydrogens is 905 g/mol. The van der Waals surface area contributed by atoms with Crippen molar-refractivity contribution in [3.8, 4) is 34.1 Å². The fourth-order valence-electron chi connectivity index (χ4n) is 9.44. The summed E-state index contributed by atoms with van der Waals surface area (Å²) in [6, 6.07) is 44.2. The highest BCUT2D eigenvalue weighted by atomic mass is 28.5. The zero-order chi connectivity index (χ0) is 48.4. The molecule has 1 aliphatic carbocycles. The molecule has 1 aliphatic rings. The number of ether oxygens (including phenoxy) is 4. The van der Waals surface area contributed by atoms with Gasteiger partial charge >= 0.3 is 29.4 Å². The van der Waals surface area contributed by atoms with Gasteiger partial charge in [-0.2, -0.15) is 0 Å². The van der Waals surface area contributed by atoms with E-state index in [0.717, 1.165) is 68.1 Å². The van der Waals surface area contributed by atoms with Crippen LogP contribution < -0.4 is 18.9 Å². The molecule has 67 heavy (non-hydrogen) atoms. The van der Waals surface area contributed by atoms with Crippen LogP contribution in [0, 0.1) is 20.8 Å². The van der Waals surface area contributed by atoms with Gasteiger partial charge in [-0.25, -0.2) is 9.59 Å². The highest BCUT2D eigenvalue weighted by molar-refractivity contribution is 6.89. The molecule has 6 aromatic rings. The van der Waals surface area contributed by atoms with Crippen LogP contribution in [0.5, 0.6) is 23.0 Å². The zero-order valence-electron chi connectivity index (χ0n) is 41.0. The number of aryl methyl sites for hydroxylation is 4. The minimum absolute atomic E-state index is 0.362. The van der Waals surface area contributed by atoms with Crippen molar-refractivity contribution >= 4 is 46.1 Å². The number of carbonyl (C=O) groups excluding carboxylic acids is 2. The second-order valence-corrected chi connectivity index (χ2v) is 36.5. The predicted molar refractivity (Wildman–Crippen MR) is 276 cm³/mol. The number of hydrogen-bond donors (Lipinski definition) is 0. The molecule has 0 aromatic heterocycles. The maximum Gasteiger partial charge on any atom is 0.519 e. The van der Waals surface area contributed by atoms with Gasteiger partial charge in [-0.3, -0.25) is 0 Å². The summed E-state index contributed by atoms with van der Waals surface area (Å²) in [5, 5.41) is 0. The van der Waals surface area contributed by atoms with Gasteiger partial charge in [-0.15, -0.1) is 0 Å². The molecule has 0 spiro atoms. The first-order valence-corrected chi connectivity index (χ1v) is 35.2. The Balaban J connectivity index is 1.17. The third kappa shape index (κ3) is 11.7. The largest absolute Gasteiger partial charge is 0.519 e. The number of carbonyl (C=O) groups is 2. The third-order valence-electron chi connectivity index (χ3n) is 11.6. The maximum atomic E-state index is 13.9. The summed E-state index contributed by atoms with van der Waals surface area (Å²) >= 11 is 0. The highest BCUT2D eigenvalue weighted by Gasteiger charge is 2.47. The Morgan fingerprint density at radius 3 is 1.42 bits per heavy atom. The van der Waals surface area contributed by atoms with Crippen molar-refractivity contribution in [3.05, 3.63) is 178 Å². The standard InChI is InChI=1S/C54H64O9Si4/c1-38-22-13-19-29-48(38)57-52(55)59-50-36-42(33-31-39(50)2)54(46-27-17-15-25-44(46)45-26-16-18-28-47(45)54)43-34-32-40(3)51(37-43)60-53(56)58-49-30-20-14-23-41(49)24-21-35-67(12,62-65(7,8)9)63-66(10,11)61-64(4,5)6/h13-20,22-23,25-34,36-37H,21,24,35H2,1-12H3. The van der Waals surface area contributed by atoms with E-state index in [0.29, 0.717) is 29.4 Å². The van der Waals surface area contributed by atoms with Gasteiger partial charge in [-0.05, 0) is 178 Å². The van der Waals surface area contributed by atoms with Gasteiger partial charge in [0.05, 0.1) is 5.41 Å². The monoisotopic (exact) mass is 968 g/mol. The van der Waals surface area contributed by atoms with Gasteiger partial charge in [0.1, 0.15) is 23.0 Å².